The Morgan fingerprint density at radius 3 is 2.55 bits per heavy atom. The van der Waals surface area contributed by atoms with Crippen LogP contribution >= 0.6 is 0 Å². The Bertz CT molecular complexity index is 232. The number of isocyanates is 1. The SMILES string of the molecule is O=C=NC(=O)C1C2CCCC21. The fraction of sp³-hybridized carbons (Fsp3) is 0.750. The van der Waals surface area contributed by atoms with Crippen molar-refractivity contribution in [3.63, 3.8) is 0 Å². The quantitative estimate of drug-likeness (QED) is 0.413. The first-order valence-corrected chi connectivity index (χ1v) is 3.96. The fourth-order valence-electron chi connectivity index (χ4n) is 2.31. The van der Waals surface area contributed by atoms with E-state index in [-0.39, 0.29) is 11.8 Å². The minimum absolute atomic E-state index is 0.0881. The largest absolute Gasteiger partial charge is 0.271 e. The topological polar surface area (TPSA) is 46.5 Å². The molecule has 0 aromatic carbocycles. The van der Waals surface area contributed by atoms with Gasteiger partial charge in [0.15, 0.2) is 0 Å². The molecule has 11 heavy (non-hydrogen) atoms. The molecule has 0 saturated heterocycles. The molecule has 2 fully saturated rings. The van der Waals surface area contributed by atoms with E-state index in [0.717, 1.165) is 12.8 Å². The van der Waals surface area contributed by atoms with E-state index in [0.29, 0.717) is 11.8 Å². The fourth-order valence-corrected chi connectivity index (χ4v) is 2.31. The second kappa shape index (κ2) is 2.28. The van der Waals surface area contributed by atoms with Crippen molar-refractivity contribution < 1.29 is 9.59 Å². The minimum atomic E-state index is -0.241. The Kier molecular flexibility index (Phi) is 1.40. The molecule has 0 N–H and O–H groups in total. The number of hydrogen-bond acceptors (Lipinski definition) is 2. The predicted molar refractivity (Wildman–Crippen MR) is 37.4 cm³/mol. The van der Waals surface area contributed by atoms with Gasteiger partial charge in [0.2, 0.25) is 6.08 Å². The average Bonchev–Trinajstić information content (AvgIpc) is 2.47. The number of carbonyl (C=O) groups is 1. The van der Waals surface area contributed by atoms with Crippen LogP contribution in [0, 0.1) is 17.8 Å². The van der Waals surface area contributed by atoms with Crippen molar-refractivity contribution in [1.29, 1.82) is 0 Å². The molecule has 3 nitrogen and oxygen atoms in total. The van der Waals surface area contributed by atoms with Gasteiger partial charge in [-0.25, -0.2) is 4.79 Å². The van der Waals surface area contributed by atoms with Gasteiger partial charge in [-0.3, -0.25) is 4.79 Å². The van der Waals surface area contributed by atoms with Crippen LogP contribution in [0.4, 0.5) is 0 Å². The molecule has 2 unspecified atom stereocenters. The zero-order valence-corrected chi connectivity index (χ0v) is 6.12. The monoisotopic (exact) mass is 151 g/mol. The minimum Gasteiger partial charge on any atom is -0.271 e. The molecule has 0 aromatic heterocycles. The van der Waals surface area contributed by atoms with E-state index in [4.69, 9.17) is 0 Å². The Labute approximate surface area is 64.5 Å². The summed E-state index contributed by atoms with van der Waals surface area (Å²) in [5.41, 5.74) is 0. The molecule has 0 heterocycles. The maximum absolute atomic E-state index is 11.0. The Morgan fingerprint density at radius 2 is 2.00 bits per heavy atom. The highest BCUT2D eigenvalue weighted by Crippen LogP contribution is 2.57. The second-order valence-corrected chi connectivity index (χ2v) is 3.33. The van der Waals surface area contributed by atoms with Gasteiger partial charge in [-0.1, -0.05) is 6.42 Å². The standard InChI is InChI=1S/C8H9NO2/c10-4-9-8(11)7-5-2-1-3-6(5)7/h5-7H,1-3H2. The van der Waals surface area contributed by atoms with E-state index >= 15 is 0 Å². The van der Waals surface area contributed by atoms with Crippen LogP contribution < -0.4 is 0 Å². The highest BCUT2D eigenvalue weighted by atomic mass is 16.2. The lowest BCUT2D eigenvalue weighted by molar-refractivity contribution is -0.119. The molecule has 0 aliphatic heterocycles. The van der Waals surface area contributed by atoms with Crippen molar-refractivity contribution in [2.24, 2.45) is 22.7 Å². The molecule has 0 radical (unpaired) electrons. The molecule has 1 amide bonds. The van der Waals surface area contributed by atoms with Crippen LogP contribution in [0.3, 0.4) is 0 Å². The van der Waals surface area contributed by atoms with Gasteiger partial charge in [0, 0.05) is 5.92 Å². The zero-order valence-electron chi connectivity index (χ0n) is 6.12. The van der Waals surface area contributed by atoms with Gasteiger partial charge in [-0.2, -0.15) is 0 Å². The van der Waals surface area contributed by atoms with Crippen LogP contribution in [0.5, 0.6) is 0 Å². The van der Waals surface area contributed by atoms with Gasteiger partial charge in [0.05, 0.1) is 0 Å². The molecule has 2 aliphatic rings. The van der Waals surface area contributed by atoms with Gasteiger partial charge < -0.3 is 0 Å². The van der Waals surface area contributed by atoms with E-state index in [1.165, 1.54) is 12.5 Å². The second-order valence-electron chi connectivity index (χ2n) is 3.33. The summed E-state index contributed by atoms with van der Waals surface area (Å²) in [6.07, 6.45) is 4.84. The van der Waals surface area contributed by atoms with Crippen LogP contribution in [-0.2, 0) is 9.59 Å². The summed E-state index contributed by atoms with van der Waals surface area (Å²) >= 11 is 0. The van der Waals surface area contributed by atoms with Gasteiger partial charge in [0.25, 0.3) is 5.91 Å². The van der Waals surface area contributed by atoms with Crippen LogP contribution in [-0.4, -0.2) is 12.0 Å². The van der Waals surface area contributed by atoms with E-state index < -0.39 is 0 Å². The number of carbonyl (C=O) groups excluding carboxylic acids is 2. The zero-order chi connectivity index (χ0) is 7.84. The summed E-state index contributed by atoms with van der Waals surface area (Å²) in [4.78, 5) is 23.9. The van der Waals surface area contributed by atoms with Crippen LogP contribution in [0.1, 0.15) is 19.3 Å². The van der Waals surface area contributed by atoms with Crippen molar-refractivity contribution in [2.75, 3.05) is 0 Å². The number of fused-ring (bicyclic) bond motifs is 1. The van der Waals surface area contributed by atoms with E-state index in [1.54, 1.807) is 0 Å². The van der Waals surface area contributed by atoms with Gasteiger partial charge in [-0.05, 0) is 24.7 Å². The summed E-state index contributed by atoms with van der Waals surface area (Å²) in [5.74, 6) is 0.957. The van der Waals surface area contributed by atoms with Crippen molar-refractivity contribution in [2.45, 2.75) is 19.3 Å². The molecule has 2 aliphatic carbocycles. The van der Waals surface area contributed by atoms with Crippen molar-refractivity contribution in [3.05, 3.63) is 0 Å². The Balaban J connectivity index is 2.00. The summed E-state index contributed by atoms with van der Waals surface area (Å²) in [6, 6.07) is 0. The van der Waals surface area contributed by atoms with E-state index in [9.17, 15) is 9.59 Å². The number of rotatable bonds is 1. The molecular formula is C8H9NO2. The maximum atomic E-state index is 11.0. The summed E-state index contributed by atoms with van der Waals surface area (Å²) in [7, 11) is 0. The lowest BCUT2D eigenvalue weighted by atomic mass is 10.1. The molecule has 0 bridgehead atoms. The number of hydrogen-bond donors (Lipinski definition) is 0. The summed E-state index contributed by atoms with van der Waals surface area (Å²) < 4.78 is 0. The van der Waals surface area contributed by atoms with Crippen LogP contribution in [0.2, 0.25) is 0 Å². The molecule has 0 aromatic rings. The molecule has 58 valence electrons. The third-order valence-corrected chi connectivity index (χ3v) is 2.85. The average molecular weight is 151 g/mol. The molecule has 2 rings (SSSR count). The molecule has 0 spiro atoms. The van der Waals surface area contributed by atoms with Gasteiger partial charge in [0.1, 0.15) is 0 Å². The van der Waals surface area contributed by atoms with Crippen LogP contribution in [0.25, 0.3) is 0 Å². The molecule has 2 saturated carbocycles. The van der Waals surface area contributed by atoms with Gasteiger partial charge >= 0.3 is 0 Å². The maximum Gasteiger partial charge on any atom is 0.260 e. The molecule has 3 heteroatoms. The third-order valence-electron chi connectivity index (χ3n) is 2.85. The Morgan fingerprint density at radius 1 is 1.36 bits per heavy atom. The molecule has 2 atom stereocenters. The number of amides is 1. The van der Waals surface area contributed by atoms with Crippen LogP contribution in [0.15, 0.2) is 4.99 Å². The first-order chi connectivity index (χ1) is 5.34. The Hall–Kier alpha value is -0.950. The highest BCUT2D eigenvalue weighted by Gasteiger charge is 2.56. The predicted octanol–water partition coefficient (Wildman–Crippen LogP) is 0.895. The lowest BCUT2D eigenvalue weighted by Gasteiger charge is -1.93. The van der Waals surface area contributed by atoms with Crippen molar-refractivity contribution in [3.8, 4) is 0 Å². The highest BCUT2D eigenvalue weighted by molar-refractivity contribution is 5.86. The first-order valence-electron chi connectivity index (χ1n) is 3.96. The van der Waals surface area contributed by atoms with E-state index in [2.05, 4.69) is 4.99 Å². The lowest BCUT2D eigenvalue weighted by Crippen LogP contribution is -2.00. The third kappa shape index (κ3) is 0.925. The van der Waals surface area contributed by atoms with E-state index in [1.807, 2.05) is 0 Å². The van der Waals surface area contributed by atoms with Crippen molar-refractivity contribution in [1.82, 2.24) is 0 Å². The summed E-state index contributed by atoms with van der Waals surface area (Å²) in [6.45, 7) is 0. The van der Waals surface area contributed by atoms with Crippen molar-refractivity contribution >= 4 is 12.0 Å². The first kappa shape index (κ1) is 6.74. The number of aliphatic imine (C=N–C) groups is 1. The summed E-state index contributed by atoms with van der Waals surface area (Å²) in [5, 5.41) is 0. The smallest absolute Gasteiger partial charge is 0.260 e. The van der Waals surface area contributed by atoms with Gasteiger partial charge in [-0.15, -0.1) is 4.99 Å². The normalized spacial score (nSPS) is 39.1. The number of nitrogens with zero attached hydrogens (tertiary/aromatic N) is 1. The molecular weight excluding hydrogens is 142 g/mol.